The molecule has 24 heavy (non-hydrogen) atoms. The van der Waals surface area contributed by atoms with E-state index < -0.39 is 0 Å². The number of fused-ring (bicyclic) bond motifs is 1. The van der Waals surface area contributed by atoms with Crippen molar-refractivity contribution in [3.63, 3.8) is 0 Å². The van der Waals surface area contributed by atoms with Crippen LogP contribution in [0.2, 0.25) is 5.02 Å². The van der Waals surface area contributed by atoms with Crippen LogP contribution in [0.3, 0.4) is 0 Å². The van der Waals surface area contributed by atoms with Crippen molar-refractivity contribution in [2.24, 2.45) is 11.0 Å². The Morgan fingerprint density at radius 1 is 1.08 bits per heavy atom. The summed E-state index contributed by atoms with van der Waals surface area (Å²) in [6, 6.07) is 17.8. The molecule has 0 aliphatic carbocycles. The van der Waals surface area contributed by atoms with Gasteiger partial charge in [0.05, 0.1) is 18.3 Å². The first-order valence-electron chi connectivity index (χ1n) is 8.11. The minimum Gasteiger partial charge on any atom is -0.330 e. The average Bonchev–Trinajstić information content (AvgIpc) is 3.15. The number of likely N-dealkylation sites (tertiary alicyclic amines) is 1. The van der Waals surface area contributed by atoms with Gasteiger partial charge in [0.1, 0.15) is 5.71 Å². The topological polar surface area (TPSA) is 35.9 Å². The van der Waals surface area contributed by atoms with Crippen LogP contribution in [0.25, 0.3) is 0 Å². The molecule has 2 atom stereocenters. The number of hydrogen-bond acceptors (Lipinski definition) is 3. The summed E-state index contributed by atoms with van der Waals surface area (Å²) in [6.45, 7) is 3.53. The highest BCUT2D eigenvalue weighted by molar-refractivity contribution is 6.42. The molecule has 4 nitrogen and oxygen atoms in total. The van der Waals surface area contributed by atoms with Crippen molar-refractivity contribution in [2.45, 2.75) is 13.0 Å². The standard InChI is InChI=1S/C19H18ClN3O/c1-13(14-5-3-2-4-6-14)22-11-15-12-23(21-18(15)19(22)24)17-9-7-16(20)8-10-17/h2-10,13,15H,11-12H2,1H3/t13-,15-/m0/s1. The molecular formula is C19H18ClN3O. The SMILES string of the molecule is C[C@@H](c1ccccc1)N1C[C@H]2CN(c3ccc(Cl)cc3)N=C2C1=O. The molecule has 2 aromatic rings. The molecule has 0 unspecified atom stereocenters. The lowest BCUT2D eigenvalue weighted by atomic mass is 10.1. The second kappa shape index (κ2) is 5.95. The Kier molecular flexibility index (Phi) is 3.77. The molecule has 2 aliphatic rings. The molecule has 0 aromatic heterocycles. The highest BCUT2D eigenvalue weighted by Crippen LogP contribution is 2.32. The maximum atomic E-state index is 12.8. The molecule has 1 amide bonds. The van der Waals surface area contributed by atoms with E-state index in [0.29, 0.717) is 10.7 Å². The van der Waals surface area contributed by atoms with Crippen LogP contribution in [-0.2, 0) is 4.79 Å². The van der Waals surface area contributed by atoms with Gasteiger partial charge in [-0.25, -0.2) is 0 Å². The first-order chi connectivity index (χ1) is 11.6. The predicted octanol–water partition coefficient (Wildman–Crippen LogP) is 3.74. The number of halogens is 1. The Balaban J connectivity index is 1.55. The van der Waals surface area contributed by atoms with Crippen LogP contribution in [0.15, 0.2) is 59.7 Å². The van der Waals surface area contributed by atoms with Crippen LogP contribution in [0.4, 0.5) is 5.69 Å². The first-order valence-corrected chi connectivity index (χ1v) is 8.49. The first kappa shape index (κ1) is 15.2. The van der Waals surface area contributed by atoms with Gasteiger partial charge in [-0.3, -0.25) is 9.80 Å². The van der Waals surface area contributed by atoms with Crippen LogP contribution in [0, 0.1) is 5.92 Å². The van der Waals surface area contributed by atoms with Gasteiger partial charge in [-0.05, 0) is 36.8 Å². The van der Waals surface area contributed by atoms with Crippen LogP contribution in [0.1, 0.15) is 18.5 Å². The smallest absolute Gasteiger partial charge is 0.271 e. The van der Waals surface area contributed by atoms with E-state index in [0.717, 1.165) is 24.3 Å². The molecular weight excluding hydrogens is 322 g/mol. The summed E-state index contributed by atoms with van der Waals surface area (Å²) in [5.74, 6) is 0.215. The molecule has 4 rings (SSSR count). The lowest BCUT2D eigenvalue weighted by Crippen LogP contribution is -2.32. The van der Waals surface area contributed by atoms with Crippen molar-refractivity contribution >= 4 is 28.9 Å². The molecule has 2 aromatic carbocycles. The van der Waals surface area contributed by atoms with E-state index in [9.17, 15) is 4.79 Å². The number of amides is 1. The molecule has 1 saturated heterocycles. The summed E-state index contributed by atoms with van der Waals surface area (Å²) in [4.78, 5) is 14.7. The Labute approximate surface area is 146 Å². The summed E-state index contributed by atoms with van der Waals surface area (Å²) in [6.07, 6.45) is 0. The van der Waals surface area contributed by atoms with Crippen LogP contribution in [0.5, 0.6) is 0 Å². The number of carbonyl (C=O) groups is 1. The zero-order valence-corrected chi connectivity index (χ0v) is 14.1. The van der Waals surface area contributed by atoms with Gasteiger partial charge in [-0.2, -0.15) is 5.10 Å². The molecule has 122 valence electrons. The molecule has 2 aliphatic heterocycles. The van der Waals surface area contributed by atoms with E-state index in [4.69, 9.17) is 11.6 Å². The summed E-state index contributed by atoms with van der Waals surface area (Å²) >= 11 is 5.93. The van der Waals surface area contributed by atoms with E-state index >= 15 is 0 Å². The van der Waals surface area contributed by atoms with E-state index in [1.807, 2.05) is 52.4 Å². The summed E-state index contributed by atoms with van der Waals surface area (Å²) in [7, 11) is 0. The average molecular weight is 340 g/mol. The van der Waals surface area contributed by atoms with Crippen molar-refractivity contribution < 1.29 is 4.79 Å². The van der Waals surface area contributed by atoms with Crippen LogP contribution >= 0.6 is 11.6 Å². The maximum absolute atomic E-state index is 12.8. The Hall–Kier alpha value is -2.33. The third-order valence-electron chi connectivity index (χ3n) is 4.78. The molecule has 0 N–H and O–H groups in total. The minimum atomic E-state index is 0.0489. The summed E-state index contributed by atoms with van der Waals surface area (Å²) < 4.78 is 0. The van der Waals surface area contributed by atoms with Gasteiger partial charge >= 0.3 is 0 Å². The number of rotatable bonds is 3. The van der Waals surface area contributed by atoms with Crippen molar-refractivity contribution in [1.29, 1.82) is 0 Å². The van der Waals surface area contributed by atoms with Gasteiger partial charge in [0.2, 0.25) is 0 Å². The second-order valence-corrected chi connectivity index (χ2v) is 6.72. The van der Waals surface area contributed by atoms with Crippen molar-refractivity contribution in [3.05, 3.63) is 65.2 Å². The van der Waals surface area contributed by atoms with Crippen molar-refractivity contribution in [3.8, 4) is 0 Å². The van der Waals surface area contributed by atoms with E-state index in [1.54, 1.807) is 0 Å². The largest absolute Gasteiger partial charge is 0.330 e. The number of hydrogen-bond donors (Lipinski definition) is 0. The summed E-state index contributed by atoms with van der Waals surface area (Å²) in [5.41, 5.74) is 2.80. The van der Waals surface area contributed by atoms with Gasteiger partial charge in [-0.1, -0.05) is 41.9 Å². The minimum absolute atomic E-state index is 0.0489. The fourth-order valence-corrected chi connectivity index (χ4v) is 3.52. The highest BCUT2D eigenvalue weighted by atomic mass is 35.5. The maximum Gasteiger partial charge on any atom is 0.271 e. The fourth-order valence-electron chi connectivity index (χ4n) is 3.40. The number of carbonyl (C=O) groups excluding carboxylic acids is 1. The molecule has 0 bridgehead atoms. The zero-order chi connectivity index (χ0) is 16.7. The number of anilines is 1. The lowest BCUT2D eigenvalue weighted by molar-refractivity contribution is -0.124. The molecule has 0 saturated carbocycles. The van der Waals surface area contributed by atoms with Gasteiger partial charge in [-0.15, -0.1) is 0 Å². The van der Waals surface area contributed by atoms with E-state index in [2.05, 4.69) is 24.2 Å². The monoisotopic (exact) mass is 339 g/mol. The van der Waals surface area contributed by atoms with Gasteiger partial charge in [0, 0.05) is 17.5 Å². The second-order valence-electron chi connectivity index (χ2n) is 6.28. The number of benzene rings is 2. The molecule has 5 heteroatoms. The van der Waals surface area contributed by atoms with E-state index in [-0.39, 0.29) is 17.9 Å². The van der Waals surface area contributed by atoms with E-state index in [1.165, 1.54) is 0 Å². The molecule has 2 heterocycles. The van der Waals surface area contributed by atoms with Crippen LogP contribution < -0.4 is 5.01 Å². The molecule has 1 fully saturated rings. The molecule has 0 radical (unpaired) electrons. The van der Waals surface area contributed by atoms with Gasteiger partial charge in [0.25, 0.3) is 5.91 Å². The Bertz CT molecular complexity index is 788. The van der Waals surface area contributed by atoms with Gasteiger partial charge in [0.15, 0.2) is 0 Å². The van der Waals surface area contributed by atoms with Crippen molar-refractivity contribution in [1.82, 2.24) is 4.90 Å². The van der Waals surface area contributed by atoms with Gasteiger partial charge < -0.3 is 4.90 Å². The normalized spacial score (nSPS) is 21.0. The zero-order valence-electron chi connectivity index (χ0n) is 13.4. The quantitative estimate of drug-likeness (QED) is 0.854. The third-order valence-corrected chi connectivity index (χ3v) is 5.03. The third kappa shape index (κ3) is 2.57. The fraction of sp³-hybridized carbons (Fsp3) is 0.263. The lowest BCUT2D eigenvalue weighted by Gasteiger charge is -2.26. The molecule has 0 spiro atoms. The number of nitrogens with zero attached hydrogens (tertiary/aromatic N) is 3. The van der Waals surface area contributed by atoms with Crippen molar-refractivity contribution in [2.75, 3.05) is 18.1 Å². The Morgan fingerprint density at radius 3 is 2.46 bits per heavy atom. The predicted molar refractivity (Wildman–Crippen MR) is 96.3 cm³/mol. The highest BCUT2D eigenvalue weighted by Gasteiger charge is 2.43. The summed E-state index contributed by atoms with van der Waals surface area (Å²) in [5, 5.41) is 7.17. The van der Waals surface area contributed by atoms with Crippen LogP contribution in [-0.4, -0.2) is 29.6 Å². The number of hydrazone groups is 1. The Morgan fingerprint density at radius 2 is 1.79 bits per heavy atom.